The van der Waals surface area contributed by atoms with E-state index in [-0.39, 0.29) is 11.8 Å². The number of aromatic nitrogens is 1. The zero-order chi connectivity index (χ0) is 11.2. The van der Waals surface area contributed by atoms with Crippen LogP contribution in [0.4, 0.5) is 0 Å². The SMILES string of the molecule is O=C(N/N=C/C1C=CC=C1)c1ccncc1. The minimum Gasteiger partial charge on any atom is -0.267 e. The molecule has 80 valence electrons. The van der Waals surface area contributed by atoms with E-state index >= 15 is 0 Å². The molecule has 0 unspecified atom stereocenters. The number of hydrazone groups is 1. The lowest BCUT2D eigenvalue weighted by Gasteiger charge is -1.99. The van der Waals surface area contributed by atoms with Crippen molar-refractivity contribution < 1.29 is 4.79 Å². The average Bonchev–Trinajstić information content (AvgIpc) is 2.83. The van der Waals surface area contributed by atoms with Gasteiger partial charge in [-0.2, -0.15) is 5.10 Å². The first-order valence-electron chi connectivity index (χ1n) is 4.95. The van der Waals surface area contributed by atoms with E-state index in [0.717, 1.165) is 0 Å². The Morgan fingerprint density at radius 1 is 1.31 bits per heavy atom. The first-order chi connectivity index (χ1) is 7.86. The van der Waals surface area contributed by atoms with Crippen molar-refractivity contribution in [2.45, 2.75) is 0 Å². The summed E-state index contributed by atoms with van der Waals surface area (Å²) in [6.07, 6.45) is 12.7. The van der Waals surface area contributed by atoms with Crippen LogP contribution in [0.25, 0.3) is 0 Å². The van der Waals surface area contributed by atoms with E-state index in [0.29, 0.717) is 5.56 Å². The number of carbonyl (C=O) groups is 1. The highest BCUT2D eigenvalue weighted by Gasteiger charge is 2.03. The monoisotopic (exact) mass is 213 g/mol. The van der Waals surface area contributed by atoms with Crippen molar-refractivity contribution in [1.29, 1.82) is 0 Å². The molecule has 0 radical (unpaired) electrons. The highest BCUT2D eigenvalue weighted by Crippen LogP contribution is 2.04. The fourth-order valence-corrected chi connectivity index (χ4v) is 1.30. The summed E-state index contributed by atoms with van der Waals surface area (Å²) in [5, 5.41) is 3.88. The molecule has 0 spiro atoms. The summed E-state index contributed by atoms with van der Waals surface area (Å²) in [6.45, 7) is 0. The van der Waals surface area contributed by atoms with Crippen molar-refractivity contribution >= 4 is 12.1 Å². The highest BCUT2D eigenvalue weighted by atomic mass is 16.2. The number of nitrogens with zero attached hydrogens (tertiary/aromatic N) is 2. The van der Waals surface area contributed by atoms with Crippen LogP contribution in [0.2, 0.25) is 0 Å². The van der Waals surface area contributed by atoms with Gasteiger partial charge in [0.1, 0.15) is 0 Å². The molecule has 1 aliphatic rings. The molecule has 1 amide bonds. The van der Waals surface area contributed by atoms with Gasteiger partial charge in [0.25, 0.3) is 5.91 Å². The zero-order valence-corrected chi connectivity index (χ0v) is 8.58. The number of carbonyl (C=O) groups excluding carboxylic acids is 1. The van der Waals surface area contributed by atoms with Gasteiger partial charge in [0, 0.05) is 30.1 Å². The maximum Gasteiger partial charge on any atom is 0.271 e. The lowest BCUT2D eigenvalue weighted by atomic mass is 10.2. The third-order valence-electron chi connectivity index (χ3n) is 2.13. The molecule has 1 N–H and O–H groups in total. The summed E-state index contributed by atoms with van der Waals surface area (Å²) >= 11 is 0. The van der Waals surface area contributed by atoms with Crippen molar-refractivity contribution in [2.24, 2.45) is 11.0 Å². The molecule has 4 nitrogen and oxygen atoms in total. The van der Waals surface area contributed by atoms with Crippen molar-refractivity contribution in [3.8, 4) is 0 Å². The minimum absolute atomic E-state index is 0.178. The molecule has 1 aromatic rings. The summed E-state index contributed by atoms with van der Waals surface area (Å²) in [4.78, 5) is 15.4. The average molecular weight is 213 g/mol. The van der Waals surface area contributed by atoms with Crippen LogP contribution in [0.3, 0.4) is 0 Å². The zero-order valence-electron chi connectivity index (χ0n) is 8.58. The second kappa shape index (κ2) is 5.02. The van der Waals surface area contributed by atoms with Crippen LogP contribution in [0.1, 0.15) is 10.4 Å². The summed E-state index contributed by atoms with van der Waals surface area (Å²) in [7, 11) is 0. The fourth-order valence-electron chi connectivity index (χ4n) is 1.30. The van der Waals surface area contributed by atoms with Gasteiger partial charge in [-0.05, 0) is 12.1 Å². The van der Waals surface area contributed by atoms with Gasteiger partial charge in [-0.1, -0.05) is 24.3 Å². The predicted molar refractivity (Wildman–Crippen MR) is 62.0 cm³/mol. The van der Waals surface area contributed by atoms with Gasteiger partial charge in [-0.15, -0.1) is 0 Å². The van der Waals surface area contributed by atoms with Gasteiger partial charge < -0.3 is 0 Å². The molecule has 1 heterocycles. The minimum atomic E-state index is -0.232. The maximum atomic E-state index is 11.5. The van der Waals surface area contributed by atoms with Crippen molar-refractivity contribution in [3.05, 3.63) is 54.4 Å². The first-order valence-corrected chi connectivity index (χ1v) is 4.95. The third kappa shape index (κ3) is 2.63. The predicted octanol–water partition coefficient (Wildman–Crippen LogP) is 1.54. The smallest absolute Gasteiger partial charge is 0.267 e. The van der Waals surface area contributed by atoms with Crippen LogP contribution < -0.4 is 5.43 Å². The van der Waals surface area contributed by atoms with E-state index in [9.17, 15) is 4.79 Å². The van der Waals surface area contributed by atoms with Gasteiger partial charge in [-0.3, -0.25) is 9.78 Å². The second-order valence-electron chi connectivity index (χ2n) is 3.30. The van der Waals surface area contributed by atoms with Crippen LogP contribution in [0.5, 0.6) is 0 Å². The van der Waals surface area contributed by atoms with E-state index in [1.165, 1.54) is 0 Å². The van der Waals surface area contributed by atoms with Gasteiger partial charge in [0.05, 0.1) is 0 Å². The molecule has 0 fully saturated rings. The molecular formula is C12H11N3O. The van der Waals surface area contributed by atoms with Crippen LogP contribution >= 0.6 is 0 Å². The Labute approximate surface area is 93.4 Å². The summed E-state index contributed by atoms with van der Waals surface area (Å²) in [5.41, 5.74) is 3.01. The van der Waals surface area contributed by atoms with Crippen LogP contribution in [-0.4, -0.2) is 17.1 Å². The van der Waals surface area contributed by atoms with E-state index in [1.807, 2.05) is 24.3 Å². The summed E-state index contributed by atoms with van der Waals surface area (Å²) < 4.78 is 0. The molecule has 2 rings (SSSR count). The number of pyridine rings is 1. The van der Waals surface area contributed by atoms with Gasteiger partial charge in [0.2, 0.25) is 0 Å². The van der Waals surface area contributed by atoms with Crippen molar-refractivity contribution in [3.63, 3.8) is 0 Å². The van der Waals surface area contributed by atoms with E-state index in [1.54, 1.807) is 30.7 Å². The normalized spacial score (nSPS) is 14.8. The summed E-state index contributed by atoms with van der Waals surface area (Å²) in [5.74, 6) is -0.0534. The van der Waals surface area contributed by atoms with E-state index in [4.69, 9.17) is 0 Å². The number of hydrogen-bond donors (Lipinski definition) is 1. The van der Waals surface area contributed by atoms with Crippen LogP contribution in [0.15, 0.2) is 53.9 Å². The van der Waals surface area contributed by atoms with Gasteiger partial charge in [-0.25, -0.2) is 5.43 Å². The number of nitrogens with one attached hydrogen (secondary N) is 1. The molecule has 0 bridgehead atoms. The number of allylic oxidation sites excluding steroid dienone is 4. The van der Waals surface area contributed by atoms with Crippen LogP contribution in [0, 0.1) is 5.92 Å². The molecule has 1 aromatic heterocycles. The quantitative estimate of drug-likeness (QED) is 0.611. The molecule has 4 heteroatoms. The third-order valence-corrected chi connectivity index (χ3v) is 2.13. The summed E-state index contributed by atoms with van der Waals surface area (Å²) in [6, 6.07) is 3.28. The maximum absolute atomic E-state index is 11.5. The Balaban J connectivity index is 1.89. The lowest BCUT2D eigenvalue weighted by Crippen LogP contribution is -2.18. The Bertz CT molecular complexity index is 437. The Morgan fingerprint density at radius 2 is 2.00 bits per heavy atom. The molecule has 0 saturated carbocycles. The first kappa shape index (κ1) is 10.3. The topological polar surface area (TPSA) is 54.4 Å². The van der Waals surface area contributed by atoms with Gasteiger partial charge in [0.15, 0.2) is 0 Å². The molecule has 0 aromatic carbocycles. The second-order valence-corrected chi connectivity index (χ2v) is 3.30. The van der Waals surface area contributed by atoms with E-state index in [2.05, 4.69) is 15.5 Å². The van der Waals surface area contributed by atoms with Crippen molar-refractivity contribution in [2.75, 3.05) is 0 Å². The number of hydrogen-bond acceptors (Lipinski definition) is 3. The standard InChI is InChI=1S/C12H11N3O/c16-12(11-5-7-13-8-6-11)15-14-9-10-3-1-2-4-10/h1-10H,(H,15,16)/b14-9+. The van der Waals surface area contributed by atoms with Gasteiger partial charge >= 0.3 is 0 Å². The number of rotatable bonds is 3. The van der Waals surface area contributed by atoms with E-state index < -0.39 is 0 Å². The Morgan fingerprint density at radius 3 is 2.69 bits per heavy atom. The Kier molecular flexibility index (Phi) is 3.23. The molecule has 0 aliphatic heterocycles. The molecule has 0 saturated heterocycles. The molecule has 0 atom stereocenters. The highest BCUT2D eigenvalue weighted by molar-refractivity contribution is 5.94. The molecule has 16 heavy (non-hydrogen) atoms. The Hall–Kier alpha value is -2.23. The van der Waals surface area contributed by atoms with Crippen molar-refractivity contribution in [1.82, 2.24) is 10.4 Å². The lowest BCUT2D eigenvalue weighted by molar-refractivity contribution is 0.0955. The number of amides is 1. The molecule has 1 aliphatic carbocycles. The molecular weight excluding hydrogens is 202 g/mol. The van der Waals surface area contributed by atoms with Crippen LogP contribution in [-0.2, 0) is 0 Å². The fraction of sp³-hybridized carbons (Fsp3) is 0.0833. The largest absolute Gasteiger partial charge is 0.271 e.